The Bertz CT molecular complexity index is 1000. The Hall–Kier alpha value is -2.77. The fraction of sp³-hybridized carbons (Fsp3) is 0.391. The normalized spacial score (nSPS) is 19.0. The number of nitrogens with zero attached hydrogens (tertiary/aromatic N) is 1. The summed E-state index contributed by atoms with van der Waals surface area (Å²) in [5.41, 5.74) is 1.81. The molecule has 0 radical (unpaired) electrons. The zero-order valence-electron chi connectivity index (χ0n) is 18.0. The molecule has 0 aromatic heterocycles. The number of fused-ring (bicyclic) bond motifs is 1. The number of methoxy groups -OCH3 is 1. The maximum absolute atomic E-state index is 13.5. The summed E-state index contributed by atoms with van der Waals surface area (Å²) in [6, 6.07) is 8.42. The lowest BCUT2D eigenvalue weighted by Gasteiger charge is -2.31. The minimum Gasteiger partial charge on any atom is -0.508 e. The second-order valence-electron chi connectivity index (χ2n) is 8.86. The topological polar surface area (TPSA) is 99.1 Å². The molecule has 31 heavy (non-hydrogen) atoms. The van der Waals surface area contributed by atoms with Crippen LogP contribution in [0, 0.1) is 5.41 Å². The molecule has 8 heteroatoms. The number of rotatable bonds is 5. The van der Waals surface area contributed by atoms with Gasteiger partial charge in [-0.1, -0.05) is 32.4 Å². The van der Waals surface area contributed by atoms with Gasteiger partial charge >= 0.3 is 5.97 Å². The number of hydrogen-bond acceptors (Lipinski definition) is 5. The molecule has 3 rings (SSSR count). The van der Waals surface area contributed by atoms with Crippen molar-refractivity contribution < 1.29 is 24.5 Å². The summed E-state index contributed by atoms with van der Waals surface area (Å²) in [6.45, 7) is 6.44. The van der Waals surface area contributed by atoms with Crippen LogP contribution in [0.4, 0.5) is 5.69 Å². The highest BCUT2D eigenvalue weighted by atomic mass is 35.5. The van der Waals surface area contributed by atoms with Crippen LogP contribution in [0.2, 0.25) is 5.02 Å². The number of anilines is 1. The van der Waals surface area contributed by atoms with E-state index in [1.807, 2.05) is 20.8 Å². The standard InChI is InChI=1S/C23H27ClN2O5/c1-23(2,3)12-26-18-8-5-13(24)9-16(18)21(25-17(22(26)30)11-20(28)29)15-7-6-14(27)10-19(15)31-4/h5-10,17,21,25,27H,11-12H2,1-4H3,(H,28,29)/t17-,21-/m1/s1. The summed E-state index contributed by atoms with van der Waals surface area (Å²) in [7, 11) is 1.49. The van der Waals surface area contributed by atoms with Crippen molar-refractivity contribution in [1.82, 2.24) is 5.32 Å². The van der Waals surface area contributed by atoms with Gasteiger partial charge < -0.3 is 19.8 Å². The highest BCUT2D eigenvalue weighted by Crippen LogP contribution is 2.41. The number of phenolic OH excluding ortho intramolecular Hbond substituents is 1. The molecule has 1 aliphatic heterocycles. The number of carboxylic acid groups (broad SMARTS) is 1. The molecule has 2 atom stereocenters. The molecule has 1 aliphatic rings. The Morgan fingerprint density at radius 1 is 1.19 bits per heavy atom. The average Bonchev–Trinajstić information content (AvgIpc) is 2.77. The number of hydrogen-bond donors (Lipinski definition) is 3. The van der Waals surface area contributed by atoms with E-state index < -0.39 is 18.1 Å². The minimum atomic E-state index is -1.08. The number of amides is 1. The van der Waals surface area contributed by atoms with Crippen molar-refractivity contribution in [2.45, 2.75) is 39.3 Å². The van der Waals surface area contributed by atoms with Gasteiger partial charge in [-0.2, -0.15) is 0 Å². The smallest absolute Gasteiger partial charge is 0.305 e. The lowest BCUT2D eigenvalue weighted by atomic mass is 9.93. The summed E-state index contributed by atoms with van der Waals surface area (Å²) < 4.78 is 5.47. The second kappa shape index (κ2) is 8.77. The van der Waals surface area contributed by atoms with Crippen LogP contribution in [0.15, 0.2) is 36.4 Å². The summed E-state index contributed by atoms with van der Waals surface area (Å²) >= 11 is 6.32. The van der Waals surface area contributed by atoms with Crippen molar-refractivity contribution in [3.05, 3.63) is 52.5 Å². The first-order chi connectivity index (χ1) is 14.5. The molecule has 0 unspecified atom stereocenters. The zero-order chi connectivity index (χ0) is 22.9. The number of ether oxygens (including phenoxy) is 1. The van der Waals surface area contributed by atoms with E-state index >= 15 is 0 Å². The third-order valence-electron chi connectivity index (χ3n) is 5.06. The predicted octanol–water partition coefficient (Wildman–Crippen LogP) is 3.97. The van der Waals surface area contributed by atoms with E-state index in [1.165, 1.54) is 19.2 Å². The fourth-order valence-electron chi connectivity index (χ4n) is 3.83. The van der Waals surface area contributed by atoms with Gasteiger partial charge in [-0.25, -0.2) is 0 Å². The Kier molecular flexibility index (Phi) is 6.48. The summed E-state index contributed by atoms with van der Waals surface area (Å²) in [5, 5.41) is 23.0. The number of aromatic hydroxyl groups is 1. The largest absolute Gasteiger partial charge is 0.508 e. The van der Waals surface area contributed by atoms with E-state index in [9.17, 15) is 19.8 Å². The number of aliphatic carboxylic acids is 1. The first-order valence-electron chi connectivity index (χ1n) is 9.96. The lowest BCUT2D eigenvalue weighted by molar-refractivity contribution is -0.139. The Morgan fingerprint density at radius 3 is 2.52 bits per heavy atom. The molecule has 2 aromatic rings. The third-order valence-corrected chi connectivity index (χ3v) is 5.30. The number of carbonyl (C=O) groups is 2. The molecule has 0 aliphatic carbocycles. The summed E-state index contributed by atoms with van der Waals surface area (Å²) in [4.78, 5) is 26.7. The van der Waals surface area contributed by atoms with Gasteiger partial charge in [-0.3, -0.25) is 14.9 Å². The molecule has 0 spiro atoms. The highest BCUT2D eigenvalue weighted by molar-refractivity contribution is 6.30. The van der Waals surface area contributed by atoms with Gasteiger partial charge in [-0.05, 0) is 41.3 Å². The van der Waals surface area contributed by atoms with Crippen LogP contribution in [-0.2, 0) is 9.59 Å². The van der Waals surface area contributed by atoms with Crippen LogP contribution < -0.4 is 15.0 Å². The Morgan fingerprint density at radius 2 is 1.90 bits per heavy atom. The quantitative estimate of drug-likeness (QED) is 0.642. The second-order valence-corrected chi connectivity index (χ2v) is 9.30. The van der Waals surface area contributed by atoms with Crippen molar-refractivity contribution in [3.8, 4) is 11.5 Å². The molecule has 7 nitrogen and oxygen atoms in total. The van der Waals surface area contributed by atoms with E-state index in [0.29, 0.717) is 28.6 Å². The van der Waals surface area contributed by atoms with Crippen molar-refractivity contribution in [2.24, 2.45) is 5.41 Å². The van der Waals surface area contributed by atoms with Gasteiger partial charge in [-0.15, -0.1) is 0 Å². The van der Waals surface area contributed by atoms with Gasteiger partial charge in [0.15, 0.2) is 0 Å². The van der Waals surface area contributed by atoms with E-state index in [4.69, 9.17) is 16.3 Å². The van der Waals surface area contributed by atoms with Crippen LogP contribution in [0.25, 0.3) is 0 Å². The number of halogens is 1. The van der Waals surface area contributed by atoms with Crippen molar-refractivity contribution in [2.75, 3.05) is 18.6 Å². The van der Waals surface area contributed by atoms with Crippen LogP contribution >= 0.6 is 11.6 Å². The summed E-state index contributed by atoms with van der Waals surface area (Å²) in [6.07, 6.45) is -0.377. The molecule has 2 aromatic carbocycles. The Balaban J connectivity index is 2.24. The van der Waals surface area contributed by atoms with Gasteiger partial charge in [0.1, 0.15) is 11.5 Å². The summed E-state index contributed by atoms with van der Waals surface area (Å²) in [5.74, 6) is -0.953. The van der Waals surface area contributed by atoms with E-state index in [1.54, 1.807) is 29.2 Å². The zero-order valence-corrected chi connectivity index (χ0v) is 18.7. The minimum absolute atomic E-state index is 0.0352. The molecule has 1 amide bonds. The van der Waals surface area contributed by atoms with Gasteiger partial charge in [0.05, 0.1) is 25.6 Å². The van der Waals surface area contributed by atoms with Gasteiger partial charge in [0, 0.05) is 28.9 Å². The van der Waals surface area contributed by atoms with Crippen molar-refractivity contribution in [1.29, 1.82) is 0 Å². The molecular weight excluding hydrogens is 420 g/mol. The van der Waals surface area contributed by atoms with E-state index in [0.717, 1.165) is 5.56 Å². The molecule has 0 saturated heterocycles. The van der Waals surface area contributed by atoms with Crippen molar-refractivity contribution >= 4 is 29.2 Å². The molecule has 1 heterocycles. The maximum Gasteiger partial charge on any atom is 0.305 e. The van der Waals surface area contributed by atoms with Crippen molar-refractivity contribution in [3.63, 3.8) is 0 Å². The molecule has 0 saturated carbocycles. The first kappa shape index (κ1) is 22.9. The molecular formula is C23H27ClN2O5. The average molecular weight is 447 g/mol. The number of carboxylic acids is 1. The number of phenols is 1. The van der Waals surface area contributed by atoms with E-state index in [-0.39, 0.29) is 23.5 Å². The monoisotopic (exact) mass is 446 g/mol. The Labute approximate surface area is 186 Å². The number of benzene rings is 2. The third kappa shape index (κ3) is 5.11. The highest BCUT2D eigenvalue weighted by Gasteiger charge is 2.38. The molecule has 3 N–H and O–H groups in total. The molecule has 0 bridgehead atoms. The van der Waals surface area contributed by atoms with Crippen LogP contribution in [0.3, 0.4) is 0 Å². The van der Waals surface area contributed by atoms with E-state index in [2.05, 4.69) is 5.32 Å². The van der Waals surface area contributed by atoms with Crippen LogP contribution in [0.1, 0.15) is 44.4 Å². The lowest BCUT2D eigenvalue weighted by Crippen LogP contribution is -2.48. The predicted molar refractivity (Wildman–Crippen MR) is 119 cm³/mol. The number of nitrogens with one attached hydrogen (secondary N) is 1. The van der Waals surface area contributed by atoms with Gasteiger partial charge in [0.2, 0.25) is 5.91 Å². The maximum atomic E-state index is 13.5. The molecule has 166 valence electrons. The van der Waals surface area contributed by atoms with Crippen LogP contribution in [0.5, 0.6) is 11.5 Å². The number of carbonyl (C=O) groups excluding carboxylic acids is 1. The first-order valence-corrected chi connectivity index (χ1v) is 10.3. The van der Waals surface area contributed by atoms with Crippen LogP contribution in [-0.4, -0.2) is 41.8 Å². The van der Waals surface area contributed by atoms with Gasteiger partial charge in [0.25, 0.3) is 0 Å². The SMILES string of the molecule is COc1cc(O)ccc1[C@H]1N[C@H](CC(=O)O)C(=O)N(CC(C)(C)C)c2ccc(Cl)cc21. The molecule has 0 fully saturated rings. The fourth-order valence-corrected chi connectivity index (χ4v) is 4.01.